The fraction of sp³-hybridized carbons (Fsp3) is 0.625. The van der Waals surface area contributed by atoms with Gasteiger partial charge in [-0.3, -0.25) is 0 Å². The Balaban J connectivity index is 0.000000149. The van der Waals surface area contributed by atoms with Crippen LogP contribution in [-0.4, -0.2) is 142 Å². The molecule has 0 unspecified atom stereocenters. The highest BCUT2D eigenvalue weighted by Gasteiger charge is 2.64. The summed E-state index contributed by atoms with van der Waals surface area (Å²) in [5, 5.41) is 17.3. The normalized spacial score (nSPS) is 21.6. The zero-order valence-electron chi connectivity index (χ0n) is 34.1. The third kappa shape index (κ3) is 10.6. The van der Waals surface area contributed by atoms with E-state index in [9.17, 15) is 0 Å². The third-order valence-corrected chi connectivity index (χ3v) is 10.5. The van der Waals surface area contributed by atoms with Gasteiger partial charge >= 0.3 is 49.1 Å². The molecule has 0 saturated carbocycles. The molecule has 0 aromatic heterocycles. The first-order chi connectivity index (χ1) is 26.5. The van der Waals surface area contributed by atoms with Crippen LogP contribution in [0.3, 0.4) is 0 Å². The summed E-state index contributed by atoms with van der Waals surface area (Å²) < 4.78 is 76.7. The van der Waals surface area contributed by atoms with Crippen LogP contribution < -0.4 is 18.6 Å². The van der Waals surface area contributed by atoms with E-state index in [1.807, 2.05) is 104 Å². The average Bonchev–Trinajstić information content (AvgIpc) is 4.01. The van der Waals surface area contributed by atoms with Gasteiger partial charge in [0.1, 0.15) is 23.0 Å². The van der Waals surface area contributed by atoms with Crippen molar-refractivity contribution in [1.29, 1.82) is 0 Å². The van der Waals surface area contributed by atoms with Gasteiger partial charge in [-0.1, -0.05) is 24.3 Å². The van der Waals surface area contributed by atoms with Crippen molar-refractivity contribution in [2.75, 3.05) is 53.7 Å². The van der Waals surface area contributed by atoms with Gasteiger partial charge < -0.3 is 75.4 Å². The monoisotopic (exact) mass is 780 g/mol. The number of benzene rings is 2. The lowest BCUT2D eigenvalue weighted by molar-refractivity contribution is 0.00578. The molecule has 4 fully saturated rings. The first-order valence-corrected chi connectivity index (χ1v) is 18.8. The molecule has 300 valence electrons. The standard InChI is InChI=1S/C12H8B2O4.C12H24B2O4.C4H8B2O4.C4H12B2O4/c1-2-6-10-9(5-1)15-13(16-10)14-17-11-7-3-4-8-12(11)18-14;1-9(2)10(3,4)16-13(15-9)14-17-11(5,6)12(7,8)18-14;1-2-8-5(7-1)6-9-3-4-10-6;1-9-6(10-2)5(3-7)4-8/h1-8H;1-8H3;1-4H2;7-8H,3-4H2,1-2H3. The van der Waals surface area contributed by atoms with Crippen LogP contribution >= 0.6 is 0 Å². The van der Waals surface area contributed by atoms with E-state index in [-0.39, 0.29) is 56.0 Å². The van der Waals surface area contributed by atoms with Crippen molar-refractivity contribution in [3.63, 3.8) is 0 Å². The zero-order chi connectivity index (χ0) is 40.7. The molecule has 24 heteroatoms. The van der Waals surface area contributed by atoms with Crippen molar-refractivity contribution in [2.24, 2.45) is 0 Å². The molecule has 4 saturated heterocycles. The fourth-order valence-electron chi connectivity index (χ4n) is 5.84. The molecule has 0 spiro atoms. The van der Waals surface area contributed by atoms with Crippen molar-refractivity contribution < 1.29 is 75.4 Å². The molecule has 2 aromatic rings. The molecule has 2 aromatic carbocycles. The first-order valence-electron chi connectivity index (χ1n) is 18.8. The maximum Gasteiger partial charge on any atom is 0.658 e. The van der Waals surface area contributed by atoms with E-state index in [4.69, 9.17) is 75.4 Å². The Morgan fingerprint density at radius 1 is 0.482 bits per heavy atom. The first kappa shape index (κ1) is 44.8. The molecular formula is C32H52B8O16. The summed E-state index contributed by atoms with van der Waals surface area (Å²) in [5.41, 5.74) is -1.44. The molecule has 56 heavy (non-hydrogen) atoms. The minimum Gasteiger partial charge on any atom is -0.524 e. The second kappa shape index (κ2) is 19.2. The Morgan fingerprint density at radius 3 is 0.964 bits per heavy atom. The van der Waals surface area contributed by atoms with Crippen molar-refractivity contribution in [3.8, 4) is 23.0 Å². The molecule has 8 rings (SSSR count). The maximum absolute atomic E-state index is 8.64. The van der Waals surface area contributed by atoms with Gasteiger partial charge in [0.2, 0.25) is 6.60 Å². The second-order valence-electron chi connectivity index (χ2n) is 15.5. The summed E-state index contributed by atoms with van der Waals surface area (Å²) in [6.45, 7) is 18.2. The van der Waals surface area contributed by atoms with Crippen LogP contribution in [0.15, 0.2) is 48.5 Å². The van der Waals surface area contributed by atoms with E-state index >= 15 is 0 Å². The number of para-hydroxylation sites is 4. The van der Waals surface area contributed by atoms with Gasteiger partial charge in [-0.15, -0.1) is 0 Å². The molecule has 6 heterocycles. The van der Waals surface area contributed by atoms with Crippen molar-refractivity contribution in [3.05, 3.63) is 48.5 Å². The van der Waals surface area contributed by atoms with Crippen molar-refractivity contribution in [2.45, 2.75) is 77.8 Å². The van der Waals surface area contributed by atoms with Gasteiger partial charge in [-0.25, -0.2) is 0 Å². The van der Waals surface area contributed by atoms with Crippen LogP contribution in [0, 0.1) is 0 Å². The van der Waals surface area contributed by atoms with Crippen LogP contribution in [0.25, 0.3) is 0 Å². The van der Waals surface area contributed by atoms with Gasteiger partial charge in [-0.05, 0) is 79.7 Å². The number of rotatable bonds is 8. The van der Waals surface area contributed by atoms with Crippen molar-refractivity contribution >= 4 is 55.7 Å². The average molecular weight is 779 g/mol. The highest BCUT2D eigenvalue weighted by Crippen LogP contribution is 2.43. The van der Waals surface area contributed by atoms with E-state index < -0.39 is 35.0 Å². The van der Waals surface area contributed by atoms with E-state index in [1.165, 1.54) is 14.2 Å². The fourth-order valence-corrected chi connectivity index (χ4v) is 5.84. The lowest BCUT2D eigenvalue weighted by Crippen LogP contribution is -2.49. The Morgan fingerprint density at radius 2 is 0.750 bits per heavy atom. The molecule has 0 atom stereocenters. The predicted molar refractivity (Wildman–Crippen MR) is 214 cm³/mol. The largest absolute Gasteiger partial charge is 0.658 e. The molecule has 6 aliphatic rings. The molecular weight excluding hydrogens is 727 g/mol. The topological polar surface area (TPSA) is 170 Å². The molecule has 0 aliphatic carbocycles. The second-order valence-corrected chi connectivity index (χ2v) is 15.5. The van der Waals surface area contributed by atoms with Gasteiger partial charge in [0.25, 0.3) is 0 Å². The summed E-state index contributed by atoms with van der Waals surface area (Å²) in [7, 11) is -0.268. The Hall–Kier alpha value is -2.32. The van der Waals surface area contributed by atoms with E-state index in [2.05, 4.69) is 0 Å². The van der Waals surface area contributed by atoms with Crippen LogP contribution in [-0.2, 0) is 46.5 Å². The summed E-state index contributed by atoms with van der Waals surface area (Å²) in [5.74, 6) is 2.85. The number of aliphatic hydroxyl groups is 2. The Kier molecular flexibility index (Phi) is 15.3. The Bertz CT molecular complexity index is 1330. The molecule has 0 amide bonds. The van der Waals surface area contributed by atoms with E-state index in [0.29, 0.717) is 49.4 Å². The van der Waals surface area contributed by atoms with E-state index in [0.717, 1.165) is 0 Å². The summed E-state index contributed by atoms with van der Waals surface area (Å²) in [4.78, 5) is 0. The number of hydrogen-bond acceptors (Lipinski definition) is 16. The van der Waals surface area contributed by atoms with Gasteiger partial charge in [0.15, 0.2) is 0 Å². The highest BCUT2D eigenvalue weighted by molar-refractivity contribution is 7.16. The zero-order valence-corrected chi connectivity index (χ0v) is 34.1. The minimum absolute atomic E-state index is 0.136. The third-order valence-electron chi connectivity index (χ3n) is 10.5. The molecule has 0 bridgehead atoms. The number of hydrogen-bond donors (Lipinski definition) is 2. The predicted octanol–water partition coefficient (Wildman–Crippen LogP) is 1.77. The molecule has 2 N–H and O–H groups in total. The number of aliphatic hydroxyl groups excluding tert-OH is 2. The maximum atomic E-state index is 8.64. The highest BCUT2D eigenvalue weighted by atomic mass is 16.7. The van der Waals surface area contributed by atoms with Gasteiger partial charge in [0, 0.05) is 27.2 Å². The summed E-state index contributed by atoms with van der Waals surface area (Å²) in [6.07, 6.45) is 0. The van der Waals surface area contributed by atoms with Crippen LogP contribution in [0.5, 0.6) is 23.0 Å². The van der Waals surface area contributed by atoms with Crippen LogP contribution in [0.2, 0.25) is 0 Å². The quantitative estimate of drug-likeness (QED) is 0.372. The molecule has 16 nitrogen and oxygen atoms in total. The summed E-state index contributed by atoms with van der Waals surface area (Å²) >= 11 is 0. The lowest BCUT2D eigenvalue weighted by atomic mass is 9.25. The molecule has 0 radical (unpaired) electrons. The SMILES string of the molecule is C1COB(B2OCCO2)O1.CC1(C)OB(B2OC(C)(C)C(C)(C)O2)OC1(C)C.COB(OC)B(CO)CO.c1ccc2c(c1)OB(B1Oc3ccccc3O1)O2. The van der Waals surface area contributed by atoms with Gasteiger partial charge in [0.05, 0.1) is 48.8 Å². The smallest absolute Gasteiger partial charge is 0.524 e. The Labute approximate surface area is 333 Å². The minimum atomic E-state index is -0.574. The van der Waals surface area contributed by atoms with Crippen molar-refractivity contribution in [1.82, 2.24) is 0 Å². The van der Waals surface area contributed by atoms with E-state index in [1.54, 1.807) is 0 Å². The van der Waals surface area contributed by atoms with Gasteiger partial charge in [-0.2, -0.15) is 0 Å². The lowest BCUT2D eigenvalue weighted by Gasteiger charge is -2.32. The van der Waals surface area contributed by atoms with Crippen LogP contribution in [0.1, 0.15) is 55.4 Å². The molecule has 6 aliphatic heterocycles. The summed E-state index contributed by atoms with van der Waals surface area (Å²) in [6, 6.07) is 15.0. The van der Waals surface area contributed by atoms with Crippen LogP contribution in [0.4, 0.5) is 0 Å². The number of fused-ring (bicyclic) bond motifs is 2.